The van der Waals surface area contributed by atoms with Crippen LogP contribution in [0.25, 0.3) is 28.1 Å². The predicted octanol–water partition coefficient (Wildman–Crippen LogP) is 11.8. The van der Waals surface area contributed by atoms with E-state index in [-0.39, 0.29) is 12.3 Å². The summed E-state index contributed by atoms with van der Waals surface area (Å²) < 4.78 is 2.26. The van der Waals surface area contributed by atoms with Crippen LogP contribution in [0.1, 0.15) is 40.1 Å². The number of imidazole rings is 1. The van der Waals surface area contributed by atoms with Gasteiger partial charge in [-0.25, -0.2) is 4.98 Å². The van der Waals surface area contributed by atoms with Crippen LogP contribution >= 0.6 is 0 Å². The van der Waals surface area contributed by atoms with Crippen molar-refractivity contribution in [2.24, 2.45) is 0 Å². The lowest BCUT2D eigenvalue weighted by Crippen LogP contribution is -2.30. The molecule has 0 radical (unpaired) electrons. The van der Waals surface area contributed by atoms with E-state index in [1.54, 1.807) is 6.21 Å². The third-order valence-electron chi connectivity index (χ3n) is 11.1. The minimum Gasteiger partial charge on any atom is -0.359 e. The molecule has 7 nitrogen and oxygen atoms in total. The predicted molar refractivity (Wildman–Crippen MR) is 227 cm³/mol. The molecule has 0 saturated carbocycles. The van der Waals surface area contributed by atoms with Crippen LogP contribution in [0.2, 0.25) is 0 Å². The molecule has 3 N–H and O–H groups in total. The Hall–Kier alpha value is -7.12. The second kappa shape index (κ2) is 13.1. The number of nitrogens with zero attached hydrogens (tertiary/aromatic N) is 4. The van der Waals surface area contributed by atoms with Crippen LogP contribution in [0, 0.1) is 19.3 Å². The van der Waals surface area contributed by atoms with Crippen molar-refractivity contribution < 1.29 is 0 Å². The van der Waals surface area contributed by atoms with E-state index in [0.717, 1.165) is 90.1 Å². The number of para-hydroxylation sites is 9. The molecular weight excluding hydrogens is 675 g/mol. The Morgan fingerprint density at radius 2 is 1.00 bits per heavy atom. The van der Waals surface area contributed by atoms with E-state index in [2.05, 4.69) is 191 Å². The highest BCUT2D eigenvalue weighted by atomic mass is 15.3. The molecule has 7 heteroatoms. The number of nitrogens with one attached hydrogen (secondary N) is 3. The second-order valence-corrected chi connectivity index (χ2v) is 14.1. The van der Waals surface area contributed by atoms with Gasteiger partial charge in [0.15, 0.2) is 0 Å². The molecule has 3 heterocycles. The largest absolute Gasteiger partial charge is 0.359 e. The first-order chi connectivity index (χ1) is 27.1. The molecule has 1 aromatic heterocycles. The van der Waals surface area contributed by atoms with Gasteiger partial charge in [-0.05, 0) is 97.8 Å². The Kier molecular flexibility index (Phi) is 7.73. The van der Waals surface area contributed by atoms with Gasteiger partial charge >= 0.3 is 0 Å². The smallest absolute Gasteiger partial charge is 0.146 e. The topological polar surface area (TPSA) is 72.2 Å². The summed E-state index contributed by atoms with van der Waals surface area (Å²) >= 11 is 0. The average Bonchev–Trinajstić information content (AvgIpc) is 3.93. The standard InChI is InChI=1S/C48H39N7/c1-31-43(46-50-37-24-12-15-27-40(37)53(46)33-18-6-3-7-19-33)32(2)45(48-52-39-26-14-17-29-42(39)55(48)35-22-10-5-11-23-35)36(30-49)44(31)47-51-38-25-13-16-28-41(38)54(47)34-20-8-4-9-21-34/h3-30,46-47,49-51H,1-2H3. The summed E-state index contributed by atoms with van der Waals surface area (Å²) in [6.45, 7) is 4.44. The molecule has 2 aliphatic heterocycles. The van der Waals surface area contributed by atoms with Crippen LogP contribution < -0.4 is 20.4 Å². The maximum Gasteiger partial charge on any atom is 0.146 e. The van der Waals surface area contributed by atoms with E-state index in [1.807, 2.05) is 12.1 Å². The van der Waals surface area contributed by atoms with Crippen LogP contribution in [0.15, 0.2) is 164 Å². The third-order valence-corrected chi connectivity index (χ3v) is 11.1. The van der Waals surface area contributed by atoms with E-state index in [9.17, 15) is 5.41 Å². The first kappa shape index (κ1) is 32.5. The second-order valence-electron chi connectivity index (χ2n) is 14.1. The summed E-state index contributed by atoms with van der Waals surface area (Å²) in [7, 11) is 0. The molecule has 10 rings (SSSR count). The molecule has 0 saturated heterocycles. The van der Waals surface area contributed by atoms with E-state index in [0.29, 0.717) is 0 Å². The summed E-state index contributed by atoms with van der Waals surface area (Å²) in [5.41, 5.74) is 15.5. The van der Waals surface area contributed by atoms with Gasteiger partial charge in [0.1, 0.15) is 18.2 Å². The van der Waals surface area contributed by atoms with Crippen LogP contribution in [0.3, 0.4) is 0 Å². The van der Waals surface area contributed by atoms with Gasteiger partial charge in [-0.2, -0.15) is 0 Å². The Labute approximate surface area is 320 Å². The van der Waals surface area contributed by atoms with Gasteiger partial charge in [-0.1, -0.05) is 91.0 Å². The molecule has 0 amide bonds. The summed E-state index contributed by atoms with van der Waals surface area (Å²) in [5.74, 6) is 0.800. The van der Waals surface area contributed by atoms with E-state index in [4.69, 9.17) is 4.98 Å². The number of benzene rings is 7. The fourth-order valence-corrected chi connectivity index (χ4v) is 8.80. The average molecular weight is 714 g/mol. The van der Waals surface area contributed by atoms with Crippen molar-refractivity contribution in [1.82, 2.24) is 9.55 Å². The highest BCUT2D eigenvalue weighted by Crippen LogP contribution is 2.53. The van der Waals surface area contributed by atoms with Crippen LogP contribution in [0.4, 0.5) is 34.1 Å². The molecule has 0 bridgehead atoms. The Balaban J connectivity index is 1.31. The molecule has 7 aromatic carbocycles. The Morgan fingerprint density at radius 1 is 0.527 bits per heavy atom. The highest BCUT2D eigenvalue weighted by molar-refractivity contribution is 5.97. The maximum absolute atomic E-state index is 9.30. The number of anilines is 6. The van der Waals surface area contributed by atoms with Crippen molar-refractivity contribution in [3.8, 4) is 17.1 Å². The van der Waals surface area contributed by atoms with Crippen molar-refractivity contribution in [1.29, 1.82) is 5.41 Å². The Bertz CT molecular complexity index is 2720. The van der Waals surface area contributed by atoms with Crippen molar-refractivity contribution in [3.05, 3.63) is 192 Å². The minimum atomic E-state index is -0.321. The van der Waals surface area contributed by atoms with Gasteiger partial charge in [0, 0.05) is 45.5 Å². The quantitative estimate of drug-likeness (QED) is 0.143. The molecule has 2 unspecified atom stereocenters. The van der Waals surface area contributed by atoms with Crippen LogP contribution in [0.5, 0.6) is 0 Å². The zero-order valence-electron chi connectivity index (χ0n) is 30.6. The number of aromatic nitrogens is 2. The monoisotopic (exact) mass is 713 g/mol. The van der Waals surface area contributed by atoms with Crippen molar-refractivity contribution in [2.75, 3.05) is 20.4 Å². The molecule has 0 aliphatic carbocycles. The number of hydrogen-bond acceptors (Lipinski definition) is 6. The summed E-state index contributed by atoms with van der Waals surface area (Å²) in [4.78, 5) is 10.2. The number of rotatable bonds is 7. The van der Waals surface area contributed by atoms with Gasteiger partial charge < -0.3 is 25.8 Å². The number of hydrogen-bond donors (Lipinski definition) is 3. The van der Waals surface area contributed by atoms with Gasteiger partial charge in [0.25, 0.3) is 0 Å². The van der Waals surface area contributed by atoms with E-state index in [1.165, 1.54) is 0 Å². The summed E-state index contributed by atoms with van der Waals surface area (Å²) in [6.07, 6.45) is 0.974. The van der Waals surface area contributed by atoms with Crippen molar-refractivity contribution in [2.45, 2.75) is 26.2 Å². The van der Waals surface area contributed by atoms with Crippen LogP contribution in [-0.2, 0) is 0 Å². The molecule has 266 valence electrons. The normalized spacial score (nSPS) is 15.7. The fourth-order valence-electron chi connectivity index (χ4n) is 8.80. The highest BCUT2D eigenvalue weighted by Gasteiger charge is 2.40. The first-order valence-corrected chi connectivity index (χ1v) is 18.7. The maximum atomic E-state index is 9.30. The number of fused-ring (bicyclic) bond motifs is 3. The first-order valence-electron chi connectivity index (χ1n) is 18.7. The molecule has 55 heavy (non-hydrogen) atoms. The SMILES string of the molecule is Cc1c(-c2nc3ccccc3n2-c2ccccc2)c(C=N)c(C2Nc3ccccc3N2c2ccccc2)c(C)c1C1Nc2ccccc2N1c1ccccc1. The fraction of sp³-hybridized carbons (Fsp3) is 0.0833. The molecule has 0 fully saturated rings. The van der Waals surface area contributed by atoms with E-state index < -0.39 is 0 Å². The van der Waals surface area contributed by atoms with Crippen LogP contribution in [-0.4, -0.2) is 15.8 Å². The van der Waals surface area contributed by atoms with Crippen molar-refractivity contribution >= 4 is 51.4 Å². The van der Waals surface area contributed by atoms with Gasteiger partial charge in [0.2, 0.25) is 0 Å². The summed E-state index contributed by atoms with van der Waals surface area (Å²) in [5, 5.41) is 17.2. The molecular formula is C48H39N7. The molecule has 2 aliphatic rings. The van der Waals surface area contributed by atoms with E-state index >= 15 is 0 Å². The molecule has 8 aromatic rings. The zero-order valence-corrected chi connectivity index (χ0v) is 30.6. The Morgan fingerprint density at radius 3 is 1.56 bits per heavy atom. The lowest BCUT2D eigenvalue weighted by atomic mass is 9.84. The minimum absolute atomic E-state index is 0.249. The summed E-state index contributed by atoms with van der Waals surface area (Å²) in [6, 6.07) is 56.9. The lowest BCUT2D eigenvalue weighted by Gasteiger charge is -2.35. The molecule has 0 spiro atoms. The third kappa shape index (κ3) is 5.11. The van der Waals surface area contributed by atoms with Gasteiger partial charge in [0.05, 0.1) is 33.8 Å². The van der Waals surface area contributed by atoms with Gasteiger partial charge in [-0.3, -0.25) is 4.57 Å². The van der Waals surface area contributed by atoms with Gasteiger partial charge in [-0.15, -0.1) is 0 Å². The molecule has 2 atom stereocenters. The lowest BCUT2D eigenvalue weighted by molar-refractivity contribution is 0.780. The van der Waals surface area contributed by atoms with Crippen molar-refractivity contribution in [3.63, 3.8) is 0 Å². The zero-order chi connectivity index (χ0) is 37.0.